The molecule has 19 heavy (non-hydrogen) atoms. The Morgan fingerprint density at radius 1 is 1.42 bits per heavy atom. The van der Waals surface area contributed by atoms with Crippen LogP contribution in [0.5, 0.6) is 0 Å². The summed E-state index contributed by atoms with van der Waals surface area (Å²) in [5, 5.41) is 11.6. The predicted octanol–water partition coefficient (Wildman–Crippen LogP) is 2.62. The van der Waals surface area contributed by atoms with Crippen molar-refractivity contribution >= 4 is 11.6 Å². The highest BCUT2D eigenvalue weighted by Crippen LogP contribution is 2.10. The maximum absolute atomic E-state index is 11.8. The summed E-state index contributed by atoms with van der Waals surface area (Å²) in [7, 11) is 2.03. The molecule has 0 radical (unpaired) electrons. The fourth-order valence-corrected chi connectivity index (χ4v) is 1.72. The molecular formula is C15H21N3O. The van der Waals surface area contributed by atoms with Crippen molar-refractivity contribution in [2.45, 2.75) is 26.2 Å². The summed E-state index contributed by atoms with van der Waals surface area (Å²) in [6, 6.07) is 9.01. The second-order valence-electron chi connectivity index (χ2n) is 4.65. The second-order valence-corrected chi connectivity index (χ2v) is 4.65. The summed E-state index contributed by atoms with van der Waals surface area (Å²) < 4.78 is 0. The number of nitrogens with one attached hydrogen (secondary N) is 1. The molecule has 1 rings (SSSR count). The minimum atomic E-state index is -0.0153. The third-order valence-corrected chi connectivity index (χ3v) is 2.89. The van der Waals surface area contributed by atoms with Crippen molar-refractivity contribution in [2.24, 2.45) is 0 Å². The number of rotatable bonds is 7. The van der Waals surface area contributed by atoms with Crippen LogP contribution in [0, 0.1) is 11.3 Å². The second kappa shape index (κ2) is 8.28. The van der Waals surface area contributed by atoms with Gasteiger partial charge in [-0.05, 0) is 38.2 Å². The van der Waals surface area contributed by atoms with E-state index in [1.54, 1.807) is 24.3 Å². The number of nitriles is 1. The van der Waals surface area contributed by atoms with E-state index in [1.165, 1.54) is 0 Å². The zero-order valence-electron chi connectivity index (χ0n) is 11.6. The first-order valence-electron chi connectivity index (χ1n) is 6.64. The first-order valence-corrected chi connectivity index (χ1v) is 6.64. The van der Waals surface area contributed by atoms with Crippen molar-refractivity contribution in [2.75, 3.05) is 25.5 Å². The van der Waals surface area contributed by atoms with Gasteiger partial charge in [-0.2, -0.15) is 5.26 Å². The van der Waals surface area contributed by atoms with Gasteiger partial charge >= 0.3 is 0 Å². The highest BCUT2D eigenvalue weighted by Gasteiger charge is 2.05. The van der Waals surface area contributed by atoms with Crippen LogP contribution in [0.1, 0.15) is 31.7 Å². The molecule has 0 aliphatic heterocycles. The van der Waals surface area contributed by atoms with Gasteiger partial charge in [-0.15, -0.1) is 0 Å². The first-order chi connectivity index (χ1) is 9.15. The van der Waals surface area contributed by atoms with Crippen LogP contribution in [0.15, 0.2) is 24.3 Å². The monoisotopic (exact) mass is 259 g/mol. The van der Waals surface area contributed by atoms with E-state index < -0.39 is 0 Å². The molecule has 102 valence electrons. The fraction of sp³-hybridized carbons (Fsp3) is 0.467. The Balaban J connectivity index is 2.36. The number of benzene rings is 1. The van der Waals surface area contributed by atoms with Crippen LogP contribution in [0.3, 0.4) is 0 Å². The van der Waals surface area contributed by atoms with Crippen LogP contribution in [-0.4, -0.2) is 30.9 Å². The molecule has 4 heteroatoms. The summed E-state index contributed by atoms with van der Waals surface area (Å²) in [5.41, 5.74) is 1.23. The van der Waals surface area contributed by atoms with E-state index in [4.69, 9.17) is 5.26 Å². The number of nitrogens with zero attached hydrogens (tertiary/aromatic N) is 2. The van der Waals surface area contributed by atoms with Crippen molar-refractivity contribution in [3.63, 3.8) is 0 Å². The van der Waals surface area contributed by atoms with Gasteiger partial charge in [0.25, 0.3) is 0 Å². The molecule has 0 saturated heterocycles. The molecule has 0 heterocycles. The SMILES string of the molecule is CCCCN(C)CCC(=O)Nc1cccc(C#N)c1. The van der Waals surface area contributed by atoms with Gasteiger partial charge in [0.15, 0.2) is 0 Å². The maximum atomic E-state index is 11.8. The number of anilines is 1. The number of hydrogen-bond donors (Lipinski definition) is 1. The van der Waals surface area contributed by atoms with E-state index in [0.717, 1.165) is 25.9 Å². The smallest absolute Gasteiger partial charge is 0.225 e. The molecule has 4 nitrogen and oxygen atoms in total. The fourth-order valence-electron chi connectivity index (χ4n) is 1.72. The topological polar surface area (TPSA) is 56.1 Å². The van der Waals surface area contributed by atoms with Crippen LogP contribution in [0.25, 0.3) is 0 Å². The minimum Gasteiger partial charge on any atom is -0.326 e. The van der Waals surface area contributed by atoms with Crippen molar-refractivity contribution < 1.29 is 4.79 Å². The van der Waals surface area contributed by atoms with E-state index in [9.17, 15) is 4.79 Å². The highest BCUT2D eigenvalue weighted by molar-refractivity contribution is 5.90. The van der Waals surface area contributed by atoms with E-state index in [1.807, 2.05) is 7.05 Å². The molecule has 0 spiro atoms. The summed E-state index contributed by atoms with van der Waals surface area (Å²) in [6.45, 7) is 3.93. The normalized spacial score (nSPS) is 10.2. The molecule has 1 amide bonds. The third kappa shape index (κ3) is 6.03. The van der Waals surface area contributed by atoms with E-state index in [0.29, 0.717) is 17.7 Å². The van der Waals surface area contributed by atoms with Crippen LogP contribution < -0.4 is 5.32 Å². The van der Waals surface area contributed by atoms with E-state index in [2.05, 4.69) is 23.2 Å². The maximum Gasteiger partial charge on any atom is 0.225 e. The molecule has 1 aromatic carbocycles. The lowest BCUT2D eigenvalue weighted by molar-refractivity contribution is -0.116. The average molecular weight is 259 g/mol. The largest absolute Gasteiger partial charge is 0.326 e. The lowest BCUT2D eigenvalue weighted by Gasteiger charge is -2.15. The van der Waals surface area contributed by atoms with Gasteiger partial charge in [-0.3, -0.25) is 4.79 Å². The van der Waals surface area contributed by atoms with Gasteiger partial charge in [-0.25, -0.2) is 0 Å². The first kappa shape index (κ1) is 15.2. The molecule has 0 unspecified atom stereocenters. The number of unbranched alkanes of at least 4 members (excludes halogenated alkanes) is 1. The van der Waals surface area contributed by atoms with Crippen LogP contribution >= 0.6 is 0 Å². The molecule has 0 atom stereocenters. The Morgan fingerprint density at radius 2 is 2.21 bits per heavy atom. The predicted molar refractivity (Wildman–Crippen MR) is 76.8 cm³/mol. The Bertz CT molecular complexity index is 451. The van der Waals surface area contributed by atoms with Crippen LogP contribution in [-0.2, 0) is 4.79 Å². The zero-order valence-corrected chi connectivity index (χ0v) is 11.6. The summed E-state index contributed by atoms with van der Waals surface area (Å²) in [5.74, 6) is -0.0153. The third-order valence-electron chi connectivity index (χ3n) is 2.89. The van der Waals surface area contributed by atoms with E-state index in [-0.39, 0.29) is 5.91 Å². The zero-order chi connectivity index (χ0) is 14.1. The number of amides is 1. The standard InChI is InChI=1S/C15H21N3O/c1-3-4-9-18(2)10-8-15(19)17-14-7-5-6-13(11-14)12-16/h5-7,11H,3-4,8-10H2,1-2H3,(H,17,19). The van der Waals surface area contributed by atoms with E-state index >= 15 is 0 Å². The number of carbonyl (C=O) groups is 1. The summed E-state index contributed by atoms with van der Waals surface area (Å²) in [6.07, 6.45) is 2.79. The Kier molecular flexibility index (Phi) is 6.62. The number of carbonyl (C=O) groups excluding carboxylic acids is 1. The van der Waals surface area contributed by atoms with Gasteiger partial charge in [-0.1, -0.05) is 19.4 Å². The van der Waals surface area contributed by atoms with Crippen molar-refractivity contribution in [1.82, 2.24) is 4.90 Å². The molecule has 0 saturated carbocycles. The lowest BCUT2D eigenvalue weighted by Crippen LogP contribution is -2.25. The Labute approximate surface area is 115 Å². The summed E-state index contributed by atoms with van der Waals surface area (Å²) >= 11 is 0. The molecule has 1 aromatic rings. The Hall–Kier alpha value is -1.86. The van der Waals surface area contributed by atoms with Gasteiger partial charge in [0.2, 0.25) is 5.91 Å². The van der Waals surface area contributed by atoms with Gasteiger partial charge in [0, 0.05) is 18.7 Å². The molecular weight excluding hydrogens is 238 g/mol. The summed E-state index contributed by atoms with van der Waals surface area (Å²) in [4.78, 5) is 13.9. The van der Waals surface area contributed by atoms with Crippen molar-refractivity contribution in [3.05, 3.63) is 29.8 Å². The van der Waals surface area contributed by atoms with Gasteiger partial charge in [0.05, 0.1) is 11.6 Å². The van der Waals surface area contributed by atoms with Crippen molar-refractivity contribution in [1.29, 1.82) is 5.26 Å². The average Bonchev–Trinajstić information content (AvgIpc) is 2.43. The van der Waals surface area contributed by atoms with Crippen molar-refractivity contribution in [3.8, 4) is 6.07 Å². The molecule has 1 N–H and O–H groups in total. The number of hydrogen-bond acceptors (Lipinski definition) is 3. The van der Waals surface area contributed by atoms with Gasteiger partial charge in [0.1, 0.15) is 0 Å². The van der Waals surface area contributed by atoms with Gasteiger partial charge < -0.3 is 10.2 Å². The molecule has 0 aliphatic carbocycles. The molecule has 0 bridgehead atoms. The molecule has 0 aromatic heterocycles. The van der Waals surface area contributed by atoms with Crippen LogP contribution in [0.4, 0.5) is 5.69 Å². The lowest BCUT2D eigenvalue weighted by atomic mass is 10.2. The molecule has 0 aliphatic rings. The Morgan fingerprint density at radius 3 is 2.89 bits per heavy atom. The highest BCUT2D eigenvalue weighted by atomic mass is 16.1. The minimum absolute atomic E-state index is 0.0153. The quantitative estimate of drug-likeness (QED) is 0.819. The van der Waals surface area contributed by atoms with Crippen LogP contribution in [0.2, 0.25) is 0 Å². The molecule has 0 fully saturated rings.